The first-order chi connectivity index (χ1) is 5.60. The molecule has 0 heterocycles. The lowest BCUT2D eigenvalue weighted by molar-refractivity contribution is 0.220. The van der Waals surface area contributed by atoms with Crippen molar-refractivity contribution in [1.82, 2.24) is 10.2 Å². The molecule has 0 aliphatic heterocycles. The molecule has 0 aliphatic rings. The Morgan fingerprint density at radius 2 is 1.58 bits per heavy atom. The summed E-state index contributed by atoms with van der Waals surface area (Å²) < 4.78 is 0. The Kier molecular flexibility index (Phi) is 5.51. The van der Waals surface area contributed by atoms with Crippen LogP contribution in [0.4, 0.5) is 0 Å². The molecule has 0 aromatic carbocycles. The molecule has 0 saturated heterocycles. The van der Waals surface area contributed by atoms with Crippen molar-refractivity contribution in [3.63, 3.8) is 0 Å². The molecule has 0 fully saturated rings. The molecule has 0 atom stereocenters. The van der Waals surface area contributed by atoms with Crippen molar-refractivity contribution in [2.45, 2.75) is 39.2 Å². The molecule has 2 heteroatoms. The molecule has 0 spiro atoms. The van der Waals surface area contributed by atoms with E-state index in [1.807, 2.05) is 0 Å². The minimum Gasteiger partial charge on any atom is -0.310 e. The van der Waals surface area contributed by atoms with Gasteiger partial charge < -0.3 is 10.2 Å². The van der Waals surface area contributed by atoms with E-state index in [2.05, 4.69) is 45.1 Å². The van der Waals surface area contributed by atoms with Crippen molar-refractivity contribution in [1.29, 1.82) is 0 Å². The Morgan fingerprint density at radius 3 is 1.83 bits per heavy atom. The predicted molar refractivity (Wildman–Crippen MR) is 55.5 cm³/mol. The quantitative estimate of drug-likeness (QED) is 0.656. The molecule has 2 nitrogen and oxygen atoms in total. The highest BCUT2D eigenvalue weighted by atomic mass is 15.1. The molecule has 0 bridgehead atoms. The standard InChI is InChI=1S/C10H24N2/c1-6-10(7-2,11-8-3)9-12(4)5/h11H,6-9H2,1-5H3. The number of hydrogen-bond acceptors (Lipinski definition) is 2. The SMILES string of the molecule is CCNC(CC)(CC)CN(C)C. The molecule has 74 valence electrons. The second kappa shape index (κ2) is 5.55. The van der Waals surface area contributed by atoms with Crippen LogP contribution in [0.15, 0.2) is 0 Å². The summed E-state index contributed by atoms with van der Waals surface area (Å²) in [4.78, 5) is 2.26. The van der Waals surface area contributed by atoms with Gasteiger partial charge in [0.1, 0.15) is 0 Å². The van der Waals surface area contributed by atoms with E-state index in [0.29, 0.717) is 5.54 Å². The molecule has 0 saturated carbocycles. The summed E-state index contributed by atoms with van der Waals surface area (Å²) in [6.07, 6.45) is 2.41. The summed E-state index contributed by atoms with van der Waals surface area (Å²) >= 11 is 0. The molecule has 0 aromatic rings. The van der Waals surface area contributed by atoms with Crippen LogP contribution in [0.1, 0.15) is 33.6 Å². The summed E-state index contributed by atoms with van der Waals surface area (Å²) in [7, 11) is 4.27. The van der Waals surface area contributed by atoms with Gasteiger partial charge in [0.15, 0.2) is 0 Å². The van der Waals surface area contributed by atoms with Crippen molar-refractivity contribution in [2.75, 3.05) is 27.2 Å². The second-order valence-electron chi connectivity index (χ2n) is 3.76. The van der Waals surface area contributed by atoms with Crippen molar-refractivity contribution < 1.29 is 0 Å². The normalized spacial score (nSPS) is 12.5. The Labute approximate surface area is 77.3 Å². The molecule has 0 unspecified atom stereocenters. The maximum absolute atomic E-state index is 3.59. The highest BCUT2D eigenvalue weighted by molar-refractivity contribution is 4.86. The van der Waals surface area contributed by atoms with Gasteiger partial charge in [-0.15, -0.1) is 0 Å². The highest BCUT2D eigenvalue weighted by Crippen LogP contribution is 2.15. The third-order valence-corrected chi connectivity index (χ3v) is 2.52. The lowest BCUT2D eigenvalue weighted by Gasteiger charge is -2.35. The third-order valence-electron chi connectivity index (χ3n) is 2.52. The molecule has 0 radical (unpaired) electrons. The van der Waals surface area contributed by atoms with Crippen LogP contribution in [0.3, 0.4) is 0 Å². The molecule has 0 aliphatic carbocycles. The highest BCUT2D eigenvalue weighted by Gasteiger charge is 2.24. The van der Waals surface area contributed by atoms with E-state index in [1.54, 1.807) is 0 Å². The van der Waals surface area contributed by atoms with E-state index >= 15 is 0 Å². The van der Waals surface area contributed by atoms with Gasteiger partial charge in [0.25, 0.3) is 0 Å². The molecule has 0 aromatic heterocycles. The van der Waals surface area contributed by atoms with Gasteiger partial charge >= 0.3 is 0 Å². The zero-order valence-electron chi connectivity index (χ0n) is 9.28. The lowest BCUT2D eigenvalue weighted by Crippen LogP contribution is -2.51. The molecule has 12 heavy (non-hydrogen) atoms. The largest absolute Gasteiger partial charge is 0.310 e. The van der Waals surface area contributed by atoms with Crippen LogP contribution in [0.5, 0.6) is 0 Å². The van der Waals surface area contributed by atoms with Gasteiger partial charge in [0.05, 0.1) is 0 Å². The average Bonchev–Trinajstić information content (AvgIpc) is 2.03. The first-order valence-corrected chi connectivity index (χ1v) is 5.00. The first-order valence-electron chi connectivity index (χ1n) is 5.00. The van der Waals surface area contributed by atoms with Crippen LogP contribution in [0.2, 0.25) is 0 Å². The number of nitrogens with one attached hydrogen (secondary N) is 1. The monoisotopic (exact) mass is 172 g/mol. The van der Waals surface area contributed by atoms with E-state index < -0.39 is 0 Å². The van der Waals surface area contributed by atoms with Gasteiger partial charge in [-0.05, 0) is 33.5 Å². The van der Waals surface area contributed by atoms with Crippen molar-refractivity contribution in [3.05, 3.63) is 0 Å². The van der Waals surface area contributed by atoms with Crippen LogP contribution < -0.4 is 5.32 Å². The summed E-state index contributed by atoms with van der Waals surface area (Å²) in [6, 6.07) is 0. The number of rotatable bonds is 6. The molecule has 1 N–H and O–H groups in total. The summed E-state index contributed by atoms with van der Waals surface area (Å²) in [5.41, 5.74) is 0.332. The fourth-order valence-electron chi connectivity index (χ4n) is 1.76. The number of likely N-dealkylation sites (N-methyl/N-ethyl adjacent to an activating group) is 2. The van der Waals surface area contributed by atoms with Crippen LogP contribution in [-0.2, 0) is 0 Å². The van der Waals surface area contributed by atoms with Gasteiger partial charge in [0, 0.05) is 12.1 Å². The first kappa shape index (κ1) is 11.9. The number of nitrogens with zero attached hydrogens (tertiary/aromatic N) is 1. The van der Waals surface area contributed by atoms with Crippen molar-refractivity contribution in [3.8, 4) is 0 Å². The topological polar surface area (TPSA) is 15.3 Å². The van der Waals surface area contributed by atoms with Gasteiger partial charge in [0.2, 0.25) is 0 Å². The van der Waals surface area contributed by atoms with E-state index in [1.165, 1.54) is 12.8 Å². The Bertz CT molecular complexity index is 106. The van der Waals surface area contributed by atoms with Gasteiger partial charge in [-0.25, -0.2) is 0 Å². The van der Waals surface area contributed by atoms with E-state index in [4.69, 9.17) is 0 Å². The zero-order chi connectivity index (χ0) is 9.61. The van der Waals surface area contributed by atoms with E-state index in [0.717, 1.165) is 13.1 Å². The van der Waals surface area contributed by atoms with E-state index in [-0.39, 0.29) is 0 Å². The maximum Gasteiger partial charge on any atom is 0.0303 e. The minimum absolute atomic E-state index is 0.332. The molecule has 0 rings (SSSR count). The predicted octanol–water partition coefficient (Wildman–Crippen LogP) is 1.72. The zero-order valence-corrected chi connectivity index (χ0v) is 9.28. The van der Waals surface area contributed by atoms with Crippen molar-refractivity contribution in [2.24, 2.45) is 0 Å². The molecular formula is C10H24N2. The van der Waals surface area contributed by atoms with Crippen LogP contribution in [0, 0.1) is 0 Å². The smallest absolute Gasteiger partial charge is 0.0303 e. The van der Waals surface area contributed by atoms with Gasteiger partial charge in [-0.3, -0.25) is 0 Å². The summed E-state index contributed by atoms with van der Waals surface area (Å²) in [6.45, 7) is 8.89. The van der Waals surface area contributed by atoms with Crippen LogP contribution >= 0.6 is 0 Å². The molecule has 0 amide bonds. The summed E-state index contributed by atoms with van der Waals surface area (Å²) in [5, 5.41) is 3.59. The Morgan fingerprint density at radius 1 is 1.08 bits per heavy atom. The Balaban J connectivity index is 4.13. The fraction of sp³-hybridized carbons (Fsp3) is 1.00. The Hall–Kier alpha value is -0.0800. The average molecular weight is 172 g/mol. The molecular weight excluding hydrogens is 148 g/mol. The minimum atomic E-state index is 0.332. The lowest BCUT2D eigenvalue weighted by atomic mass is 9.92. The van der Waals surface area contributed by atoms with Crippen molar-refractivity contribution >= 4 is 0 Å². The van der Waals surface area contributed by atoms with Gasteiger partial charge in [-0.1, -0.05) is 20.8 Å². The van der Waals surface area contributed by atoms with Crippen LogP contribution in [-0.4, -0.2) is 37.6 Å². The van der Waals surface area contributed by atoms with Gasteiger partial charge in [-0.2, -0.15) is 0 Å². The maximum atomic E-state index is 3.59. The fourth-order valence-corrected chi connectivity index (χ4v) is 1.76. The third kappa shape index (κ3) is 3.55. The summed E-state index contributed by atoms with van der Waals surface area (Å²) in [5.74, 6) is 0. The van der Waals surface area contributed by atoms with Crippen LogP contribution in [0.25, 0.3) is 0 Å². The second-order valence-corrected chi connectivity index (χ2v) is 3.76. The number of hydrogen-bond donors (Lipinski definition) is 1. The van der Waals surface area contributed by atoms with E-state index in [9.17, 15) is 0 Å².